The lowest BCUT2D eigenvalue weighted by molar-refractivity contribution is -0.131. The molecular weight excluding hydrogens is 302 g/mol. The van der Waals surface area contributed by atoms with Gasteiger partial charge in [0, 0.05) is 24.3 Å². The fraction of sp³-hybridized carbons (Fsp3) is 0.571. The molecule has 0 aliphatic rings. The van der Waals surface area contributed by atoms with E-state index >= 15 is 0 Å². The summed E-state index contributed by atoms with van der Waals surface area (Å²) in [4.78, 5) is 22.4. The second-order valence-corrected chi connectivity index (χ2v) is 6.18. The summed E-state index contributed by atoms with van der Waals surface area (Å²) in [5, 5.41) is 6.32. The van der Waals surface area contributed by atoms with Crippen LogP contribution in [0.2, 0.25) is 0 Å². The largest absolute Gasteiger partial charge is 0.375 e. The summed E-state index contributed by atoms with van der Waals surface area (Å²) >= 11 is 1.39. The lowest BCUT2D eigenvalue weighted by Crippen LogP contribution is -2.30. The third kappa shape index (κ3) is 4.27. The summed E-state index contributed by atoms with van der Waals surface area (Å²) in [5.41, 5.74) is 6.44. The summed E-state index contributed by atoms with van der Waals surface area (Å²) in [6.07, 6.45) is 0.978. The van der Waals surface area contributed by atoms with E-state index in [-0.39, 0.29) is 11.8 Å². The van der Waals surface area contributed by atoms with Crippen molar-refractivity contribution < 1.29 is 9.32 Å². The Kier molecular flexibility index (Phi) is 5.48. The molecule has 0 spiro atoms. The molecule has 2 aromatic heterocycles. The van der Waals surface area contributed by atoms with Crippen LogP contribution in [0.15, 0.2) is 9.90 Å². The normalized spacial score (nSPS) is 11.1. The Hall–Kier alpha value is -1.96. The lowest BCUT2D eigenvalue weighted by atomic mass is 10.2. The van der Waals surface area contributed by atoms with Gasteiger partial charge < -0.3 is 15.2 Å². The van der Waals surface area contributed by atoms with Gasteiger partial charge in [0.1, 0.15) is 0 Å². The molecule has 22 heavy (non-hydrogen) atoms. The van der Waals surface area contributed by atoms with Gasteiger partial charge in [-0.3, -0.25) is 4.79 Å². The third-order valence-corrected chi connectivity index (χ3v) is 3.95. The van der Waals surface area contributed by atoms with Crippen molar-refractivity contribution >= 4 is 22.4 Å². The van der Waals surface area contributed by atoms with Gasteiger partial charge in [0.05, 0.1) is 12.2 Å². The number of hydrogen-bond donors (Lipinski definition) is 1. The molecular formula is C14H21N5O2S. The van der Waals surface area contributed by atoms with Gasteiger partial charge in [-0.15, -0.1) is 11.3 Å². The summed E-state index contributed by atoms with van der Waals surface area (Å²) in [5.74, 6) is 1.38. The van der Waals surface area contributed by atoms with Crippen molar-refractivity contribution in [2.45, 2.75) is 46.1 Å². The Balaban J connectivity index is 1.90. The maximum absolute atomic E-state index is 12.3. The van der Waals surface area contributed by atoms with Crippen LogP contribution in [0.5, 0.6) is 0 Å². The highest BCUT2D eigenvalue weighted by molar-refractivity contribution is 7.13. The van der Waals surface area contributed by atoms with Gasteiger partial charge in [0.15, 0.2) is 11.0 Å². The molecule has 120 valence electrons. The molecule has 2 rings (SSSR count). The Morgan fingerprint density at radius 1 is 1.45 bits per heavy atom. The summed E-state index contributed by atoms with van der Waals surface area (Å²) in [6.45, 7) is 6.86. The van der Waals surface area contributed by atoms with Crippen LogP contribution in [-0.4, -0.2) is 32.5 Å². The molecule has 0 fully saturated rings. The number of carbonyl (C=O) groups is 1. The van der Waals surface area contributed by atoms with Crippen molar-refractivity contribution in [1.29, 1.82) is 0 Å². The van der Waals surface area contributed by atoms with E-state index in [2.05, 4.69) is 15.1 Å². The molecule has 2 aromatic rings. The van der Waals surface area contributed by atoms with Crippen molar-refractivity contribution in [3.8, 4) is 0 Å². The first-order valence-corrected chi connectivity index (χ1v) is 8.17. The fourth-order valence-corrected chi connectivity index (χ4v) is 2.53. The van der Waals surface area contributed by atoms with Gasteiger partial charge in [-0.25, -0.2) is 4.98 Å². The number of amides is 1. The molecule has 0 bridgehead atoms. The minimum Gasteiger partial charge on any atom is -0.375 e. The number of nitrogens with two attached hydrogens (primary N) is 1. The zero-order valence-corrected chi connectivity index (χ0v) is 13.9. The molecule has 0 saturated carbocycles. The molecule has 1 amide bonds. The first-order chi connectivity index (χ1) is 10.5. The van der Waals surface area contributed by atoms with Crippen molar-refractivity contribution in [3.63, 3.8) is 0 Å². The number of nitrogens with zero attached hydrogens (tertiary/aromatic N) is 4. The molecule has 0 unspecified atom stereocenters. The predicted octanol–water partition coefficient (Wildman–Crippen LogP) is 2.21. The van der Waals surface area contributed by atoms with Crippen LogP contribution in [0.3, 0.4) is 0 Å². The van der Waals surface area contributed by atoms with Crippen LogP contribution in [0.25, 0.3) is 0 Å². The Bertz CT molecular complexity index is 622. The SMILES string of the molecule is CCN(Cc1nc(C(C)C)no1)C(=O)CCc1csc(N)n1. The number of carbonyl (C=O) groups excluding carboxylic acids is 1. The number of hydrogen-bond acceptors (Lipinski definition) is 7. The lowest BCUT2D eigenvalue weighted by Gasteiger charge is -2.18. The number of thiazole rings is 1. The molecule has 2 heterocycles. The van der Waals surface area contributed by atoms with Crippen LogP contribution < -0.4 is 5.73 Å². The molecule has 0 radical (unpaired) electrons. The molecule has 7 nitrogen and oxygen atoms in total. The van der Waals surface area contributed by atoms with Crippen LogP contribution in [-0.2, 0) is 17.8 Å². The first kappa shape index (κ1) is 16.4. The van der Waals surface area contributed by atoms with Crippen molar-refractivity contribution in [1.82, 2.24) is 20.0 Å². The van der Waals surface area contributed by atoms with E-state index in [1.54, 1.807) is 4.90 Å². The van der Waals surface area contributed by atoms with Gasteiger partial charge in [0.25, 0.3) is 0 Å². The van der Waals surface area contributed by atoms with E-state index < -0.39 is 0 Å². The van der Waals surface area contributed by atoms with Crippen LogP contribution >= 0.6 is 11.3 Å². The highest BCUT2D eigenvalue weighted by Gasteiger charge is 2.17. The average molecular weight is 323 g/mol. The predicted molar refractivity (Wildman–Crippen MR) is 84.3 cm³/mol. The van der Waals surface area contributed by atoms with Crippen molar-refractivity contribution in [2.24, 2.45) is 0 Å². The highest BCUT2D eigenvalue weighted by Crippen LogP contribution is 2.14. The maximum atomic E-state index is 12.3. The number of aromatic nitrogens is 3. The highest BCUT2D eigenvalue weighted by atomic mass is 32.1. The van der Waals surface area contributed by atoms with Crippen molar-refractivity contribution in [3.05, 3.63) is 22.8 Å². The quantitative estimate of drug-likeness (QED) is 0.839. The Labute approximate surface area is 133 Å². The minimum atomic E-state index is 0.0402. The van der Waals surface area contributed by atoms with E-state index in [1.165, 1.54) is 11.3 Å². The second-order valence-electron chi connectivity index (χ2n) is 5.29. The molecule has 0 aliphatic heterocycles. The molecule has 0 aromatic carbocycles. The van der Waals surface area contributed by atoms with Gasteiger partial charge in [-0.2, -0.15) is 4.98 Å². The summed E-state index contributed by atoms with van der Waals surface area (Å²) in [7, 11) is 0. The number of rotatable bonds is 7. The molecule has 0 aliphatic carbocycles. The van der Waals surface area contributed by atoms with Gasteiger partial charge in [0.2, 0.25) is 11.8 Å². The van der Waals surface area contributed by atoms with E-state index in [0.717, 1.165) is 5.69 Å². The molecule has 2 N–H and O–H groups in total. The summed E-state index contributed by atoms with van der Waals surface area (Å²) in [6, 6.07) is 0. The standard InChI is InChI=1S/C14H21N5O2S/c1-4-19(7-11-17-13(9(2)3)18-21-11)12(20)6-5-10-8-22-14(15)16-10/h8-9H,4-7H2,1-3H3,(H2,15,16). The monoisotopic (exact) mass is 323 g/mol. The topological polar surface area (TPSA) is 98.1 Å². The molecule has 0 saturated heterocycles. The Morgan fingerprint density at radius 3 is 2.77 bits per heavy atom. The third-order valence-electron chi connectivity index (χ3n) is 3.23. The van der Waals surface area contributed by atoms with E-state index in [0.29, 0.717) is 42.8 Å². The maximum Gasteiger partial charge on any atom is 0.246 e. The smallest absolute Gasteiger partial charge is 0.246 e. The zero-order chi connectivity index (χ0) is 16.1. The van der Waals surface area contributed by atoms with Crippen LogP contribution in [0.1, 0.15) is 50.5 Å². The number of anilines is 1. The van der Waals surface area contributed by atoms with Gasteiger partial charge in [-0.1, -0.05) is 19.0 Å². The van der Waals surface area contributed by atoms with Crippen LogP contribution in [0.4, 0.5) is 5.13 Å². The van der Waals surface area contributed by atoms with Crippen molar-refractivity contribution in [2.75, 3.05) is 12.3 Å². The van der Waals surface area contributed by atoms with E-state index in [1.807, 2.05) is 26.2 Å². The number of aryl methyl sites for hydroxylation is 1. The van der Waals surface area contributed by atoms with Crippen LogP contribution in [0, 0.1) is 0 Å². The number of nitrogen functional groups attached to an aromatic ring is 1. The molecule has 0 atom stereocenters. The Morgan fingerprint density at radius 2 is 2.23 bits per heavy atom. The van der Waals surface area contributed by atoms with E-state index in [9.17, 15) is 4.79 Å². The summed E-state index contributed by atoms with van der Waals surface area (Å²) < 4.78 is 5.19. The fourth-order valence-electron chi connectivity index (χ4n) is 1.94. The second kappa shape index (κ2) is 7.35. The minimum absolute atomic E-state index is 0.0402. The first-order valence-electron chi connectivity index (χ1n) is 7.29. The molecule has 8 heteroatoms. The zero-order valence-electron chi connectivity index (χ0n) is 13.1. The average Bonchev–Trinajstić information content (AvgIpc) is 3.11. The van der Waals surface area contributed by atoms with Gasteiger partial charge in [-0.05, 0) is 13.3 Å². The van der Waals surface area contributed by atoms with E-state index in [4.69, 9.17) is 10.3 Å². The van der Waals surface area contributed by atoms with Gasteiger partial charge >= 0.3 is 0 Å².